The smallest absolute Gasteiger partial charge is 0.326 e. The number of benzene rings is 2. The molecule has 4 atom stereocenters. The van der Waals surface area contributed by atoms with E-state index in [9.17, 15) is 29.4 Å². The van der Waals surface area contributed by atoms with Crippen molar-refractivity contribution in [3.8, 4) is 5.75 Å². The molecule has 0 spiro atoms. The van der Waals surface area contributed by atoms with Crippen LogP contribution in [-0.4, -0.2) is 63.8 Å². The molecule has 4 unspecified atom stereocenters. The molecule has 3 amide bonds. The van der Waals surface area contributed by atoms with Crippen LogP contribution in [0.25, 0.3) is 0 Å². The second kappa shape index (κ2) is 13.4. The van der Waals surface area contributed by atoms with E-state index in [2.05, 4.69) is 28.6 Å². The monoisotopic (exact) mass is 502 g/mol. The average Bonchev–Trinajstić information content (AvgIpc) is 2.83. The van der Waals surface area contributed by atoms with Crippen molar-refractivity contribution in [3.05, 3.63) is 65.7 Å². The molecule has 0 saturated heterocycles. The van der Waals surface area contributed by atoms with Gasteiger partial charge in [-0.2, -0.15) is 12.6 Å². The van der Waals surface area contributed by atoms with Crippen LogP contribution >= 0.6 is 12.6 Å². The zero-order valence-corrected chi connectivity index (χ0v) is 20.1. The molecule has 7 N–H and O–H groups in total. The number of aromatic hydroxyl groups is 1. The van der Waals surface area contributed by atoms with Crippen LogP contribution in [0.2, 0.25) is 0 Å². The Morgan fingerprint density at radius 1 is 0.800 bits per heavy atom. The van der Waals surface area contributed by atoms with Gasteiger partial charge in [-0.15, -0.1) is 0 Å². The summed E-state index contributed by atoms with van der Waals surface area (Å²) in [5.74, 6) is -3.18. The van der Waals surface area contributed by atoms with Crippen LogP contribution < -0.4 is 21.7 Å². The number of aliphatic carboxylic acids is 1. The summed E-state index contributed by atoms with van der Waals surface area (Å²) >= 11 is 4.10. The molecule has 0 saturated carbocycles. The van der Waals surface area contributed by atoms with E-state index in [0.717, 1.165) is 5.56 Å². The number of carboxylic acids is 1. The number of hydrogen-bond donors (Lipinski definition) is 7. The first-order valence-corrected chi connectivity index (χ1v) is 11.6. The third-order valence-electron chi connectivity index (χ3n) is 5.14. The molecule has 2 aromatic carbocycles. The van der Waals surface area contributed by atoms with Crippen LogP contribution in [0.3, 0.4) is 0 Å². The van der Waals surface area contributed by atoms with Crippen molar-refractivity contribution in [3.63, 3.8) is 0 Å². The lowest BCUT2D eigenvalue weighted by molar-refractivity contribution is -0.142. The lowest BCUT2D eigenvalue weighted by atomic mass is 10.0. The summed E-state index contributed by atoms with van der Waals surface area (Å²) in [6.45, 7) is 1.47. The van der Waals surface area contributed by atoms with Gasteiger partial charge in [0.25, 0.3) is 0 Å². The van der Waals surface area contributed by atoms with E-state index in [1.807, 2.05) is 0 Å². The molecular weight excluding hydrogens is 472 g/mol. The van der Waals surface area contributed by atoms with Gasteiger partial charge in [0.15, 0.2) is 0 Å². The van der Waals surface area contributed by atoms with Gasteiger partial charge in [0.1, 0.15) is 23.9 Å². The Morgan fingerprint density at radius 3 is 1.83 bits per heavy atom. The number of phenolic OH excluding ortho intramolecular Hbond substituents is 1. The highest BCUT2D eigenvalue weighted by Crippen LogP contribution is 2.12. The molecule has 0 aromatic heterocycles. The molecule has 0 radical (unpaired) electrons. The predicted octanol–water partition coefficient (Wildman–Crippen LogP) is -0.00660. The molecule has 0 aliphatic rings. The summed E-state index contributed by atoms with van der Waals surface area (Å²) in [4.78, 5) is 49.7. The summed E-state index contributed by atoms with van der Waals surface area (Å²) in [7, 11) is 0. The Labute approximate surface area is 208 Å². The highest BCUT2D eigenvalue weighted by atomic mass is 32.1. The maximum absolute atomic E-state index is 13.1. The number of phenols is 1. The zero-order chi connectivity index (χ0) is 26.0. The topological polar surface area (TPSA) is 171 Å². The molecule has 0 fully saturated rings. The zero-order valence-electron chi connectivity index (χ0n) is 19.2. The van der Waals surface area contributed by atoms with Crippen LogP contribution in [0.1, 0.15) is 18.1 Å². The van der Waals surface area contributed by atoms with Crippen molar-refractivity contribution in [2.24, 2.45) is 5.73 Å². The minimum Gasteiger partial charge on any atom is -0.508 e. The molecule has 2 rings (SSSR count). The number of carbonyl (C=O) groups is 4. The van der Waals surface area contributed by atoms with Crippen LogP contribution in [0, 0.1) is 0 Å². The second-order valence-corrected chi connectivity index (χ2v) is 8.42. The molecule has 2 aromatic rings. The van der Waals surface area contributed by atoms with E-state index in [4.69, 9.17) is 5.73 Å². The Bertz CT molecular complexity index is 1020. The number of nitrogens with two attached hydrogens (primary N) is 1. The van der Waals surface area contributed by atoms with E-state index in [1.165, 1.54) is 19.1 Å². The van der Waals surface area contributed by atoms with Gasteiger partial charge in [-0.25, -0.2) is 4.79 Å². The molecule has 0 heterocycles. The van der Waals surface area contributed by atoms with Crippen molar-refractivity contribution >= 4 is 36.3 Å². The van der Waals surface area contributed by atoms with Gasteiger partial charge in [0.05, 0.1) is 6.04 Å². The van der Waals surface area contributed by atoms with Crippen molar-refractivity contribution in [1.82, 2.24) is 16.0 Å². The summed E-state index contributed by atoms with van der Waals surface area (Å²) in [6.07, 6.45) is 0.0571. The molecule has 10 nitrogen and oxygen atoms in total. The largest absolute Gasteiger partial charge is 0.508 e. The van der Waals surface area contributed by atoms with Gasteiger partial charge in [0, 0.05) is 18.6 Å². The van der Waals surface area contributed by atoms with Gasteiger partial charge in [-0.3, -0.25) is 14.4 Å². The van der Waals surface area contributed by atoms with Crippen molar-refractivity contribution in [2.45, 2.75) is 43.9 Å². The maximum Gasteiger partial charge on any atom is 0.326 e. The molecule has 11 heteroatoms. The first-order valence-electron chi connectivity index (χ1n) is 10.9. The fourth-order valence-electron chi connectivity index (χ4n) is 3.17. The number of carbonyl (C=O) groups excluding carboxylic acids is 3. The maximum atomic E-state index is 13.1. The van der Waals surface area contributed by atoms with E-state index >= 15 is 0 Å². The Hall–Kier alpha value is -3.57. The Morgan fingerprint density at radius 2 is 1.29 bits per heavy atom. The number of nitrogens with one attached hydrogen (secondary N) is 3. The van der Waals surface area contributed by atoms with Crippen molar-refractivity contribution in [2.75, 3.05) is 5.75 Å². The van der Waals surface area contributed by atoms with Crippen LogP contribution in [0.4, 0.5) is 0 Å². The van der Waals surface area contributed by atoms with Crippen molar-refractivity contribution in [1.29, 1.82) is 0 Å². The summed E-state index contributed by atoms with van der Waals surface area (Å²) in [5, 5.41) is 26.6. The SMILES string of the molecule is CC(N)C(=O)NC(CS)C(=O)NC(Cc1ccccc1)C(=O)NC(Cc1ccc(O)cc1)C(=O)O. The first kappa shape index (κ1) is 27.7. The quantitative estimate of drug-likeness (QED) is 0.200. The summed E-state index contributed by atoms with van der Waals surface area (Å²) in [6, 6.07) is 10.5. The van der Waals surface area contributed by atoms with E-state index in [1.54, 1.807) is 42.5 Å². The summed E-state index contributed by atoms with van der Waals surface area (Å²) < 4.78 is 0. The van der Waals surface area contributed by atoms with Crippen LogP contribution in [0.5, 0.6) is 5.75 Å². The highest BCUT2D eigenvalue weighted by molar-refractivity contribution is 7.80. The third kappa shape index (κ3) is 8.95. The molecule has 0 bridgehead atoms. The van der Waals surface area contributed by atoms with Gasteiger partial charge in [0.2, 0.25) is 17.7 Å². The fraction of sp³-hybridized carbons (Fsp3) is 0.333. The van der Waals surface area contributed by atoms with Gasteiger partial charge in [-0.1, -0.05) is 42.5 Å². The molecular formula is C24H30N4O6S. The minimum atomic E-state index is -1.28. The van der Waals surface area contributed by atoms with E-state index in [0.29, 0.717) is 5.56 Å². The third-order valence-corrected chi connectivity index (χ3v) is 5.50. The van der Waals surface area contributed by atoms with Gasteiger partial charge >= 0.3 is 5.97 Å². The van der Waals surface area contributed by atoms with Gasteiger partial charge in [-0.05, 0) is 30.2 Å². The normalized spacial score (nSPS) is 14.1. The first-order chi connectivity index (χ1) is 16.6. The lowest BCUT2D eigenvalue weighted by Gasteiger charge is -2.24. The number of amides is 3. The van der Waals surface area contributed by atoms with Crippen molar-refractivity contribution < 1.29 is 29.4 Å². The number of hydrogen-bond acceptors (Lipinski definition) is 7. The van der Waals surface area contributed by atoms with E-state index < -0.39 is 47.9 Å². The fourth-order valence-corrected chi connectivity index (χ4v) is 3.43. The van der Waals surface area contributed by atoms with Crippen LogP contribution in [0.15, 0.2) is 54.6 Å². The predicted molar refractivity (Wildman–Crippen MR) is 133 cm³/mol. The molecule has 0 aliphatic carbocycles. The number of carboxylic acid groups (broad SMARTS) is 1. The number of rotatable bonds is 12. The van der Waals surface area contributed by atoms with Crippen LogP contribution in [-0.2, 0) is 32.0 Å². The minimum absolute atomic E-state index is 0.0307. The number of thiol groups is 1. The summed E-state index contributed by atoms with van der Waals surface area (Å²) in [5.41, 5.74) is 6.87. The highest BCUT2D eigenvalue weighted by Gasteiger charge is 2.29. The Kier molecular flexibility index (Phi) is 10.6. The molecule has 35 heavy (non-hydrogen) atoms. The Balaban J connectivity index is 2.20. The average molecular weight is 503 g/mol. The second-order valence-electron chi connectivity index (χ2n) is 8.05. The lowest BCUT2D eigenvalue weighted by Crippen LogP contribution is -2.58. The standard InChI is InChI=1S/C24H30N4O6S/c1-14(25)21(30)28-20(13-35)23(32)26-18(11-15-5-3-2-4-6-15)22(31)27-19(24(33)34)12-16-7-9-17(29)10-8-16/h2-10,14,18-20,29,35H,11-13,25H2,1H3,(H,26,32)(H,27,31)(H,28,30)(H,33,34). The molecule has 188 valence electrons. The molecule has 0 aliphatic heterocycles. The van der Waals surface area contributed by atoms with E-state index in [-0.39, 0.29) is 24.3 Å². The van der Waals surface area contributed by atoms with Gasteiger partial charge < -0.3 is 31.9 Å².